The van der Waals surface area contributed by atoms with Gasteiger partial charge < -0.3 is 11.1 Å². The number of nitrogens with one attached hydrogen (secondary N) is 1. The molecule has 0 aliphatic carbocycles. The number of aryl methyl sites for hydroxylation is 1. The van der Waals surface area contributed by atoms with Crippen LogP contribution in [0.1, 0.15) is 29.8 Å². The molecule has 0 spiro atoms. The number of hydrogen-bond acceptors (Lipinski definition) is 2. The van der Waals surface area contributed by atoms with E-state index in [4.69, 9.17) is 5.73 Å². The Morgan fingerprint density at radius 2 is 1.94 bits per heavy atom. The molecule has 2 amide bonds. The van der Waals surface area contributed by atoms with Gasteiger partial charge in [0.05, 0.1) is 11.3 Å². The van der Waals surface area contributed by atoms with E-state index in [1.807, 2.05) is 13.0 Å². The predicted octanol–water partition coefficient (Wildman–Crippen LogP) is 1.69. The third-order valence-electron chi connectivity index (χ3n) is 2.31. The number of para-hydroxylation sites is 1. The Hall–Kier alpha value is -1.84. The summed E-state index contributed by atoms with van der Waals surface area (Å²) >= 11 is 0. The predicted molar refractivity (Wildman–Crippen MR) is 63.2 cm³/mol. The summed E-state index contributed by atoms with van der Waals surface area (Å²) in [5, 5.41) is 2.72. The zero-order valence-electron chi connectivity index (χ0n) is 9.70. The molecule has 4 nitrogen and oxygen atoms in total. The smallest absolute Gasteiger partial charge is 0.250 e. The van der Waals surface area contributed by atoms with Crippen LogP contribution in [0, 0.1) is 12.8 Å². The zero-order chi connectivity index (χ0) is 12.3. The Labute approximate surface area is 94.8 Å². The minimum atomic E-state index is -0.539. The molecule has 0 heterocycles. The maximum atomic E-state index is 11.6. The van der Waals surface area contributed by atoms with Gasteiger partial charge >= 0.3 is 0 Å². The number of carbonyl (C=O) groups is 2. The lowest BCUT2D eigenvalue weighted by Gasteiger charge is -2.13. The quantitative estimate of drug-likeness (QED) is 0.813. The van der Waals surface area contributed by atoms with Crippen molar-refractivity contribution in [3.05, 3.63) is 29.3 Å². The highest BCUT2D eigenvalue weighted by molar-refractivity contribution is 6.04. The molecule has 3 N–H and O–H groups in total. The van der Waals surface area contributed by atoms with Crippen molar-refractivity contribution >= 4 is 17.5 Å². The third kappa shape index (κ3) is 2.59. The average molecular weight is 220 g/mol. The van der Waals surface area contributed by atoms with Crippen LogP contribution in [-0.2, 0) is 4.79 Å². The van der Waals surface area contributed by atoms with Crippen molar-refractivity contribution in [2.75, 3.05) is 5.32 Å². The monoisotopic (exact) mass is 220 g/mol. The minimum Gasteiger partial charge on any atom is -0.366 e. The number of rotatable bonds is 3. The number of carbonyl (C=O) groups excluding carboxylic acids is 2. The van der Waals surface area contributed by atoms with Gasteiger partial charge in [0, 0.05) is 5.92 Å². The second-order valence-electron chi connectivity index (χ2n) is 4.01. The van der Waals surface area contributed by atoms with E-state index in [0.29, 0.717) is 11.3 Å². The first-order valence-corrected chi connectivity index (χ1v) is 5.13. The Morgan fingerprint density at radius 1 is 1.31 bits per heavy atom. The van der Waals surface area contributed by atoms with Crippen LogP contribution in [0.5, 0.6) is 0 Å². The van der Waals surface area contributed by atoms with E-state index in [9.17, 15) is 9.59 Å². The topological polar surface area (TPSA) is 72.2 Å². The molecule has 0 aliphatic rings. The van der Waals surface area contributed by atoms with E-state index in [1.165, 1.54) is 0 Å². The number of benzene rings is 1. The summed E-state index contributed by atoms with van der Waals surface area (Å²) in [6.45, 7) is 5.40. The number of hydrogen-bond donors (Lipinski definition) is 2. The minimum absolute atomic E-state index is 0.128. The molecule has 1 rings (SSSR count). The van der Waals surface area contributed by atoms with Gasteiger partial charge in [0.2, 0.25) is 5.91 Å². The molecule has 0 saturated carbocycles. The molecular weight excluding hydrogens is 204 g/mol. The number of nitrogens with two attached hydrogens (primary N) is 1. The second kappa shape index (κ2) is 4.79. The van der Waals surface area contributed by atoms with Crippen molar-refractivity contribution in [2.24, 2.45) is 11.7 Å². The molecule has 0 atom stereocenters. The molecule has 0 fully saturated rings. The molecule has 1 aromatic carbocycles. The van der Waals surface area contributed by atoms with E-state index < -0.39 is 5.91 Å². The van der Waals surface area contributed by atoms with Crippen molar-refractivity contribution in [3.63, 3.8) is 0 Å². The van der Waals surface area contributed by atoms with E-state index in [2.05, 4.69) is 5.32 Å². The summed E-state index contributed by atoms with van der Waals surface area (Å²) in [6, 6.07) is 5.16. The van der Waals surface area contributed by atoms with Gasteiger partial charge in [-0.1, -0.05) is 26.0 Å². The van der Waals surface area contributed by atoms with Crippen LogP contribution in [-0.4, -0.2) is 11.8 Å². The van der Waals surface area contributed by atoms with Crippen LogP contribution in [0.25, 0.3) is 0 Å². The molecule has 1 aromatic rings. The Morgan fingerprint density at radius 3 is 2.44 bits per heavy atom. The SMILES string of the molecule is Cc1cccc(C(N)=O)c1NC(=O)C(C)C. The molecule has 0 unspecified atom stereocenters. The summed E-state index contributed by atoms with van der Waals surface area (Å²) in [5.41, 5.74) is 6.92. The third-order valence-corrected chi connectivity index (χ3v) is 2.31. The van der Waals surface area contributed by atoms with Gasteiger partial charge in [-0.05, 0) is 18.6 Å². The largest absolute Gasteiger partial charge is 0.366 e. The molecule has 4 heteroatoms. The van der Waals surface area contributed by atoms with Crippen molar-refractivity contribution < 1.29 is 9.59 Å². The lowest BCUT2D eigenvalue weighted by Crippen LogP contribution is -2.22. The van der Waals surface area contributed by atoms with Gasteiger partial charge in [-0.3, -0.25) is 9.59 Å². The highest BCUT2D eigenvalue weighted by Crippen LogP contribution is 2.20. The number of anilines is 1. The lowest BCUT2D eigenvalue weighted by atomic mass is 10.1. The Bertz CT molecular complexity index is 425. The fourth-order valence-corrected chi connectivity index (χ4v) is 1.31. The first kappa shape index (κ1) is 12.2. The normalized spacial score (nSPS) is 10.2. The van der Waals surface area contributed by atoms with Gasteiger partial charge in [-0.2, -0.15) is 0 Å². The van der Waals surface area contributed by atoms with Crippen molar-refractivity contribution in [1.29, 1.82) is 0 Å². The van der Waals surface area contributed by atoms with Crippen molar-refractivity contribution in [1.82, 2.24) is 0 Å². The van der Waals surface area contributed by atoms with Crippen LogP contribution >= 0.6 is 0 Å². The van der Waals surface area contributed by atoms with E-state index in [-0.39, 0.29) is 11.8 Å². The van der Waals surface area contributed by atoms with Gasteiger partial charge in [-0.15, -0.1) is 0 Å². The fourth-order valence-electron chi connectivity index (χ4n) is 1.31. The molecule has 0 saturated heterocycles. The first-order chi connectivity index (χ1) is 7.43. The standard InChI is InChI=1S/C12H16N2O2/c1-7(2)12(16)14-10-8(3)5-4-6-9(10)11(13)15/h4-7H,1-3H3,(H2,13,15)(H,14,16). The number of primary amides is 1. The maximum absolute atomic E-state index is 11.6. The summed E-state index contributed by atoms with van der Waals surface area (Å²) in [7, 11) is 0. The van der Waals surface area contributed by atoms with Crippen LogP contribution in [0.2, 0.25) is 0 Å². The van der Waals surface area contributed by atoms with E-state index >= 15 is 0 Å². The molecule has 86 valence electrons. The second-order valence-corrected chi connectivity index (χ2v) is 4.01. The average Bonchev–Trinajstić information content (AvgIpc) is 2.20. The Balaban J connectivity index is 3.11. The highest BCUT2D eigenvalue weighted by atomic mass is 16.2. The molecular formula is C12H16N2O2. The highest BCUT2D eigenvalue weighted by Gasteiger charge is 2.14. The first-order valence-electron chi connectivity index (χ1n) is 5.13. The van der Waals surface area contributed by atoms with Crippen LogP contribution < -0.4 is 11.1 Å². The molecule has 0 aromatic heterocycles. The fraction of sp³-hybridized carbons (Fsp3) is 0.333. The van der Waals surface area contributed by atoms with Crippen molar-refractivity contribution in [3.8, 4) is 0 Å². The van der Waals surface area contributed by atoms with E-state index in [0.717, 1.165) is 5.56 Å². The van der Waals surface area contributed by atoms with Gasteiger partial charge in [-0.25, -0.2) is 0 Å². The van der Waals surface area contributed by atoms with E-state index in [1.54, 1.807) is 26.0 Å². The van der Waals surface area contributed by atoms with Crippen LogP contribution in [0.4, 0.5) is 5.69 Å². The summed E-state index contributed by atoms with van der Waals surface area (Å²) in [5.74, 6) is -0.806. The van der Waals surface area contributed by atoms with Crippen molar-refractivity contribution in [2.45, 2.75) is 20.8 Å². The molecule has 0 bridgehead atoms. The van der Waals surface area contributed by atoms with Crippen LogP contribution in [0.3, 0.4) is 0 Å². The maximum Gasteiger partial charge on any atom is 0.250 e. The zero-order valence-corrected chi connectivity index (χ0v) is 9.70. The lowest BCUT2D eigenvalue weighted by molar-refractivity contribution is -0.118. The summed E-state index contributed by atoms with van der Waals surface area (Å²) in [4.78, 5) is 22.8. The summed E-state index contributed by atoms with van der Waals surface area (Å²) in [6.07, 6.45) is 0. The number of amides is 2. The summed E-state index contributed by atoms with van der Waals surface area (Å²) < 4.78 is 0. The molecule has 16 heavy (non-hydrogen) atoms. The molecule has 0 radical (unpaired) electrons. The van der Waals surface area contributed by atoms with Gasteiger partial charge in [0.25, 0.3) is 5.91 Å². The Kier molecular flexibility index (Phi) is 3.66. The van der Waals surface area contributed by atoms with Gasteiger partial charge in [0.15, 0.2) is 0 Å². The molecule has 0 aliphatic heterocycles. The van der Waals surface area contributed by atoms with Crippen LogP contribution in [0.15, 0.2) is 18.2 Å². The van der Waals surface area contributed by atoms with Gasteiger partial charge in [0.1, 0.15) is 0 Å².